The van der Waals surface area contributed by atoms with Gasteiger partial charge in [-0.2, -0.15) is 5.10 Å². The Morgan fingerprint density at radius 2 is 2.09 bits per heavy atom. The number of aromatic amines is 1. The van der Waals surface area contributed by atoms with E-state index < -0.39 is 0 Å². The minimum atomic E-state index is 0.262. The van der Waals surface area contributed by atoms with E-state index in [2.05, 4.69) is 46.4 Å². The molecule has 1 aliphatic heterocycles. The highest BCUT2D eigenvalue weighted by Crippen LogP contribution is 2.38. The van der Waals surface area contributed by atoms with Gasteiger partial charge < -0.3 is 4.90 Å². The van der Waals surface area contributed by atoms with E-state index >= 15 is 0 Å². The summed E-state index contributed by atoms with van der Waals surface area (Å²) in [6.07, 6.45) is 1.84. The van der Waals surface area contributed by atoms with Crippen LogP contribution in [0.5, 0.6) is 0 Å². The Bertz CT molecular complexity index is 856. The van der Waals surface area contributed by atoms with E-state index in [1.165, 1.54) is 16.7 Å². The van der Waals surface area contributed by atoms with Gasteiger partial charge in [-0.25, -0.2) is 0 Å². The van der Waals surface area contributed by atoms with Crippen LogP contribution in [0.3, 0.4) is 0 Å². The van der Waals surface area contributed by atoms with Crippen molar-refractivity contribution >= 4 is 34.1 Å². The van der Waals surface area contributed by atoms with Crippen molar-refractivity contribution in [2.45, 2.75) is 12.5 Å². The van der Waals surface area contributed by atoms with Crippen LogP contribution in [0.15, 0.2) is 36.5 Å². The molecule has 0 saturated carbocycles. The standard InChI is InChI=1S/C17H15Cl2N3/c1-22-8-14(10-2-3-11-7-20-21-17(11)4-10)13-5-12(18)6-16(19)15(13)9-22/h2-7,14H,8-9H2,1H3,(H,20,21). The first-order valence-corrected chi connectivity index (χ1v) is 7.97. The van der Waals surface area contributed by atoms with Crippen molar-refractivity contribution in [3.63, 3.8) is 0 Å². The number of likely N-dealkylation sites (N-methyl/N-ethyl adjacent to an activating group) is 1. The van der Waals surface area contributed by atoms with E-state index in [0.717, 1.165) is 29.0 Å². The second-order valence-electron chi connectivity index (χ2n) is 5.92. The summed E-state index contributed by atoms with van der Waals surface area (Å²) >= 11 is 12.7. The lowest BCUT2D eigenvalue weighted by atomic mass is 9.84. The van der Waals surface area contributed by atoms with Crippen LogP contribution in [0.4, 0.5) is 0 Å². The van der Waals surface area contributed by atoms with E-state index in [1.54, 1.807) is 0 Å². The van der Waals surface area contributed by atoms with Crippen molar-refractivity contribution in [3.05, 3.63) is 63.3 Å². The monoisotopic (exact) mass is 331 g/mol. The van der Waals surface area contributed by atoms with E-state index in [4.69, 9.17) is 23.2 Å². The van der Waals surface area contributed by atoms with Crippen molar-refractivity contribution in [1.82, 2.24) is 15.1 Å². The molecule has 0 amide bonds. The van der Waals surface area contributed by atoms with Crippen LogP contribution in [-0.4, -0.2) is 28.7 Å². The maximum atomic E-state index is 6.42. The highest BCUT2D eigenvalue weighted by Gasteiger charge is 2.27. The zero-order valence-electron chi connectivity index (χ0n) is 12.1. The Kier molecular flexibility index (Phi) is 3.37. The summed E-state index contributed by atoms with van der Waals surface area (Å²) < 4.78 is 0. The minimum absolute atomic E-state index is 0.262. The normalized spacial score (nSPS) is 18.6. The summed E-state index contributed by atoms with van der Waals surface area (Å²) in [5, 5.41) is 9.71. The lowest BCUT2D eigenvalue weighted by molar-refractivity contribution is 0.295. The van der Waals surface area contributed by atoms with Crippen molar-refractivity contribution in [3.8, 4) is 0 Å². The Balaban J connectivity index is 1.88. The number of aromatic nitrogens is 2. The van der Waals surface area contributed by atoms with E-state index in [1.807, 2.05) is 12.3 Å². The molecule has 0 spiro atoms. The molecule has 3 nitrogen and oxygen atoms in total. The first-order valence-electron chi connectivity index (χ1n) is 7.21. The molecule has 112 valence electrons. The lowest BCUT2D eigenvalue weighted by Crippen LogP contribution is -2.31. The fraction of sp³-hybridized carbons (Fsp3) is 0.235. The van der Waals surface area contributed by atoms with Gasteiger partial charge in [0.05, 0.1) is 11.7 Å². The second kappa shape index (κ2) is 5.27. The SMILES string of the molecule is CN1Cc2c(Cl)cc(Cl)cc2C(c2ccc3cn[nH]c3c2)C1. The largest absolute Gasteiger partial charge is 0.301 e. The van der Waals surface area contributed by atoms with E-state index in [0.29, 0.717) is 5.02 Å². The third kappa shape index (κ3) is 2.30. The van der Waals surface area contributed by atoms with Gasteiger partial charge in [0.2, 0.25) is 0 Å². The van der Waals surface area contributed by atoms with Crippen molar-refractivity contribution in [1.29, 1.82) is 0 Å². The highest BCUT2D eigenvalue weighted by molar-refractivity contribution is 6.35. The maximum Gasteiger partial charge on any atom is 0.0653 e. The van der Waals surface area contributed by atoms with E-state index in [-0.39, 0.29) is 5.92 Å². The number of rotatable bonds is 1. The van der Waals surface area contributed by atoms with Gasteiger partial charge in [0, 0.05) is 34.4 Å². The summed E-state index contributed by atoms with van der Waals surface area (Å²) in [7, 11) is 2.12. The highest BCUT2D eigenvalue weighted by atomic mass is 35.5. The molecule has 1 unspecified atom stereocenters. The number of fused-ring (bicyclic) bond motifs is 2. The smallest absolute Gasteiger partial charge is 0.0653 e. The molecule has 2 aromatic carbocycles. The molecular formula is C17H15Cl2N3. The number of nitrogens with zero attached hydrogens (tertiary/aromatic N) is 2. The average molecular weight is 332 g/mol. The summed E-state index contributed by atoms with van der Waals surface area (Å²) in [6, 6.07) is 10.3. The van der Waals surface area contributed by atoms with Crippen LogP contribution in [0, 0.1) is 0 Å². The zero-order valence-corrected chi connectivity index (χ0v) is 13.6. The van der Waals surface area contributed by atoms with Gasteiger partial charge in [-0.3, -0.25) is 5.10 Å². The van der Waals surface area contributed by atoms with Gasteiger partial charge >= 0.3 is 0 Å². The summed E-state index contributed by atoms with van der Waals surface area (Å²) in [6.45, 7) is 1.80. The van der Waals surface area contributed by atoms with Gasteiger partial charge in [0.25, 0.3) is 0 Å². The number of benzene rings is 2. The Morgan fingerprint density at radius 1 is 1.23 bits per heavy atom. The first-order chi connectivity index (χ1) is 10.6. The van der Waals surface area contributed by atoms with Gasteiger partial charge in [0.15, 0.2) is 0 Å². The van der Waals surface area contributed by atoms with Crippen LogP contribution in [0.1, 0.15) is 22.6 Å². The van der Waals surface area contributed by atoms with Crippen molar-refractivity contribution in [2.24, 2.45) is 0 Å². The minimum Gasteiger partial charge on any atom is -0.301 e. The molecule has 3 aromatic rings. The number of hydrogen-bond donors (Lipinski definition) is 1. The molecule has 4 rings (SSSR count). The third-order valence-electron chi connectivity index (χ3n) is 4.36. The molecular weight excluding hydrogens is 317 g/mol. The van der Waals surface area contributed by atoms with E-state index in [9.17, 15) is 0 Å². The number of hydrogen-bond acceptors (Lipinski definition) is 2. The van der Waals surface area contributed by atoms with Gasteiger partial charge in [-0.15, -0.1) is 0 Å². The molecule has 0 fully saturated rings. The van der Waals surface area contributed by atoms with Gasteiger partial charge in [-0.1, -0.05) is 35.3 Å². The zero-order chi connectivity index (χ0) is 15.3. The molecule has 5 heteroatoms. The Labute approximate surface area is 138 Å². The average Bonchev–Trinajstić information content (AvgIpc) is 2.95. The Morgan fingerprint density at radius 3 is 2.95 bits per heavy atom. The Hall–Kier alpha value is -1.55. The maximum absolute atomic E-state index is 6.42. The predicted octanol–water partition coefficient (Wildman–Crippen LogP) is 4.45. The topological polar surface area (TPSA) is 31.9 Å². The second-order valence-corrected chi connectivity index (χ2v) is 6.77. The van der Waals surface area contributed by atoms with Gasteiger partial charge in [-0.05, 0) is 41.9 Å². The van der Waals surface area contributed by atoms with Crippen molar-refractivity contribution in [2.75, 3.05) is 13.6 Å². The summed E-state index contributed by atoms with van der Waals surface area (Å²) in [4.78, 5) is 2.30. The molecule has 1 atom stereocenters. The first kappa shape index (κ1) is 14.1. The number of nitrogens with one attached hydrogen (secondary N) is 1. The molecule has 0 saturated heterocycles. The molecule has 1 N–H and O–H groups in total. The number of halogens is 2. The number of H-pyrrole nitrogens is 1. The van der Waals surface area contributed by atoms with Crippen LogP contribution < -0.4 is 0 Å². The summed E-state index contributed by atoms with van der Waals surface area (Å²) in [5.74, 6) is 0.262. The molecule has 0 aliphatic carbocycles. The molecule has 0 radical (unpaired) electrons. The van der Waals surface area contributed by atoms with Gasteiger partial charge in [0.1, 0.15) is 0 Å². The fourth-order valence-corrected chi connectivity index (χ4v) is 3.87. The van der Waals surface area contributed by atoms with Crippen molar-refractivity contribution < 1.29 is 0 Å². The summed E-state index contributed by atoms with van der Waals surface area (Å²) in [5.41, 5.74) is 4.72. The van der Waals surface area contributed by atoms with Crippen LogP contribution >= 0.6 is 23.2 Å². The molecule has 2 heterocycles. The van der Waals surface area contributed by atoms with Crippen LogP contribution in [-0.2, 0) is 6.54 Å². The molecule has 22 heavy (non-hydrogen) atoms. The fourth-order valence-electron chi connectivity index (χ4n) is 3.30. The molecule has 1 aliphatic rings. The molecule has 0 bridgehead atoms. The molecule has 1 aromatic heterocycles. The lowest BCUT2D eigenvalue weighted by Gasteiger charge is -2.33. The van der Waals surface area contributed by atoms with Crippen LogP contribution in [0.2, 0.25) is 10.0 Å². The predicted molar refractivity (Wildman–Crippen MR) is 90.7 cm³/mol. The third-order valence-corrected chi connectivity index (χ3v) is 4.92. The van der Waals surface area contributed by atoms with Crippen LogP contribution in [0.25, 0.3) is 10.9 Å². The quantitative estimate of drug-likeness (QED) is 0.714.